The third-order valence-corrected chi connectivity index (χ3v) is 2.85. The minimum absolute atomic E-state index is 0.0259. The molecule has 0 radical (unpaired) electrons. The van der Waals surface area contributed by atoms with Crippen molar-refractivity contribution in [2.45, 2.75) is 20.3 Å². The number of ketones is 2. The molecule has 0 bridgehead atoms. The van der Waals surface area contributed by atoms with Crippen molar-refractivity contribution < 1.29 is 14.0 Å². The summed E-state index contributed by atoms with van der Waals surface area (Å²) in [4.78, 5) is 22.7. The van der Waals surface area contributed by atoms with Crippen LogP contribution in [-0.4, -0.2) is 11.6 Å². The van der Waals surface area contributed by atoms with Gasteiger partial charge in [-0.05, 0) is 41.1 Å². The lowest BCUT2D eigenvalue weighted by molar-refractivity contribution is -0.117. The Bertz CT molecular complexity index is 429. The molecule has 4 heteroatoms. The molecule has 0 aromatic heterocycles. The number of halogens is 2. The lowest BCUT2D eigenvalue weighted by Crippen LogP contribution is -2.14. The van der Waals surface area contributed by atoms with E-state index in [4.69, 9.17) is 0 Å². The number of Topliss-reactive ketones (excluding diaryl/α,β-unsaturated/α-hetero) is 2. The summed E-state index contributed by atoms with van der Waals surface area (Å²) in [6.07, 6.45) is 0.216. The van der Waals surface area contributed by atoms with Crippen LogP contribution in [0.25, 0.3) is 0 Å². The van der Waals surface area contributed by atoms with E-state index in [9.17, 15) is 14.0 Å². The zero-order valence-corrected chi connectivity index (χ0v) is 10.7. The van der Waals surface area contributed by atoms with Crippen molar-refractivity contribution in [3.63, 3.8) is 0 Å². The Morgan fingerprint density at radius 1 is 1.44 bits per heavy atom. The smallest absolute Gasteiger partial charge is 0.166 e. The molecule has 1 unspecified atom stereocenters. The SMILES string of the molecule is CC(=O)CC(C)C(=O)c1ccc(F)c(Br)c1. The summed E-state index contributed by atoms with van der Waals surface area (Å²) in [5.41, 5.74) is 0.419. The number of carbonyl (C=O) groups excluding carboxylic acids is 2. The standard InChI is InChI=1S/C12H12BrFO2/c1-7(5-8(2)15)12(16)9-3-4-11(14)10(13)6-9/h3-4,6-7H,5H2,1-2H3. The molecule has 2 nitrogen and oxygen atoms in total. The van der Waals surface area contributed by atoms with Crippen LogP contribution in [0.5, 0.6) is 0 Å². The predicted octanol–water partition coefficient (Wildman–Crippen LogP) is 3.39. The molecule has 0 saturated heterocycles. The van der Waals surface area contributed by atoms with Crippen molar-refractivity contribution in [1.82, 2.24) is 0 Å². The van der Waals surface area contributed by atoms with Crippen LogP contribution < -0.4 is 0 Å². The number of rotatable bonds is 4. The fourth-order valence-corrected chi connectivity index (χ4v) is 1.84. The van der Waals surface area contributed by atoms with Gasteiger partial charge in [0.1, 0.15) is 11.6 Å². The Labute approximate surface area is 102 Å². The fraction of sp³-hybridized carbons (Fsp3) is 0.333. The van der Waals surface area contributed by atoms with E-state index in [0.29, 0.717) is 5.56 Å². The molecule has 0 fully saturated rings. The summed E-state index contributed by atoms with van der Waals surface area (Å²) >= 11 is 3.02. The molecule has 1 aromatic rings. The molecule has 0 aliphatic carbocycles. The van der Waals surface area contributed by atoms with Crippen molar-refractivity contribution in [3.8, 4) is 0 Å². The highest BCUT2D eigenvalue weighted by molar-refractivity contribution is 9.10. The summed E-state index contributed by atoms with van der Waals surface area (Å²) in [5.74, 6) is -0.941. The van der Waals surface area contributed by atoms with Gasteiger partial charge in [-0.3, -0.25) is 4.79 Å². The Kier molecular flexibility index (Phi) is 4.35. The molecule has 0 spiro atoms. The van der Waals surface area contributed by atoms with Crippen LogP contribution in [0.1, 0.15) is 30.6 Å². The summed E-state index contributed by atoms with van der Waals surface area (Å²) in [6, 6.07) is 4.10. The van der Waals surface area contributed by atoms with Crippen LogP contribution >= 0.6 is 15.9 Å². The minimum Gasteiger partial charge on any atom is -0.300 e. The van der Waals surface area contributed by atoms with E-state index in [2.05, 4.69) is 15.9 Å². The molecule has 0 aliphatic rings. The first-order valence-corrected chi connectivity index (χ1v) is 5.70. The van der Waals surface area contributed by atoms with Gasteiger partial charge in [-0.2, -0.15) is 0 Å². The maximum Gasteiger partial charge on any atom is 0.166 e. The minimum atomic E-state index is -0.407. The molecule has 86 valence electrons. The molecular weight excluding hydrogens is 275 g/mol. The highest BCUT2D eigenvalue weighted by Gasteiger charge is 2.17. The Balaban J connectivity index is 2.88. The van der Waals surface area contributed by atoms with Crippen LogP contribution in [0.2, 0.25) is 0 Å². The van der Waals surface area contributed by atoms with Gasteiger partial charge in [0.25, 0.3) is 0 Å². The van der Waals surface area contributed by atoms with E-state index in [-0.39, 0.29) is 28.4 Å². The molecule has 1 aromatic carbocycles. The molecule has 0 saturated carbocycles. The van der Waals surface area contributed by atoms with Gasteiger partial charge >= 0.3 is 0 Å². The second-order valence-electron chi connectivity index (χ2n) is 3.80. The number of benzene rings is 1. The Hall–Kier alpha value is -1.03. The highest BCUT2D eigenvalue weighted by Crippen LogP contribution is 2.20. The van der Waals surface area contributed by atoms with Crippen LogP contribution in [0.3, 0.4) is 0 Å². The molecule has 0 aliphatic heterocycles. The first-order valence-electron chi connectivity index (χ1n) is 4.90. The topological polar surface area (TPSA) is 34.1 Å². The molecule has 1 rings (SSSR count). The van der Waals surface area contributed by atoms with E-state index in [0.717, 1.165) is 0 Å². The maximum absolute atomic E-state index is 13.0. The largest absolute Gasteiger partial charge is 0.300 e. The molecule has 0 N–H and O–H groups in total. The molecule has 0 heterocycles. The predicted molar refractivity (Wildman–Crippen MR) is 62.9 cm³/mol. The molecule has 1 atom stereocenters. The van der Waals surface area contributed by atoms with E-state index in [1.54, 1.807) is 6.92 Å². The number of hydrogen-bond acceptors (Lipinski definition) is 2. The summed E-state index contributed by atoms with van der Waals surface area (Å²) in [7, 11) is 0. The van der Waals surface area contributed by atoms with Gasteiger partial charge in [-0.25, -0.2) is 4.39 Å². The fourth-order valence-electron chi connectivity index (χ4n) is 1.46. The second-order valence-corrected chi connectivity index (χ2v) is 4.65. The summed E-state index contributed by atoms with van der Waals surface area (Å²) < 4.78 is 13.2. The van der Waals surface area contributed by atoms with Crippen LogP contribution in [0, 0.1) is 11.7 Å². The maximum atomic E-state index is 13.0. The third kappa shape index (κ3) is 3.23. The average Bonchev–Trinajstić information content (AvgIpc) is 2.20. The normalized spacial score (nSPS) is 12.2. The van der Waals surface area contributed by atoms with Gasteiger partial charge < -0.3 is 4.79 Å². The van der Waals surface area contributed by atoms with Gasteiger partial charge in [0.15, 0.2) is 5.78 Å². The van der Waals surface area contributed by atoms with E-state index in [1.165, 1.54) is 25.1 Å². The van der Waals surface area contributed by atoms with E-state index in [1.807, 2.05) is 0 Å². The van der Waals surface area contributed by atoms with Crippen molar-refractivity contribution in [2.24, 2.45) is 5.92 Å². The third-order valence-electron chi connectivity index (χ3n) is 2.25. The first-order chi connectivity index (χ1) is 7.41. The monoisotopic (exact) mass is 286 g/mol. The van der Waals surface area contributed by atoms with Gasteiger partial charge in [0.2, 0.25) is 0 Å². The van der Waals surface area contributed by atoms with Gasteiger partial charge in [0.05, 0.1) is 4.47 Å². The zero-order valence-electron chi connectivity index (χ0n) is 9.09. The first kappa shape index (κ1) is 13.0. The van der Waals surface area contributed by atoms with Crippen molar-refractivity contribution in [3.05, 3.63) is 34.1 Å². The molecule has 16 heavy (non-hydrogen) atoms. The van der Waals surface area contributed by atoms with Crippen LogP contribution in [0.4, 0.5) is 4.39 Å². The number of carbonyl (C=O) groups is 2. The zero-order chi connectivity index (χ0) is 12.3. The Morgan fingerprint density at radius 2 is 2.06 bits per heavy atom. The second kappa shape index (κ2) is 5.34. The van der Waals surface area contributed by atoms with Crippen molar-refractivity contribution in [2.75, 3.05) is 0 Å². The summed E-state index contributed by atoms with van der Waals surface area (Å²) in [6.45, 7) is 3.14. The highest BCUT2D eigenvalue weighted by atomic mass is 79.9. The lowest BCUT2D eigenvalue weighted by Gasteiger charge is -2.08. The van der Waals surface area contributed by atoms with Crippen LogP contribution in [-0.2, 0) is 4.79 Å². The lowest BCUT2D eigenvalue weighted by atomic mass is 9.95. The van der Waals surface area contributed by atoms with Crippen molar-refractivity contribution >= 4 is 27.5 Å². The Morgan fingerprint density at radius 3 is 2.56 bits per heavy atom. The van der Waals surface area contributed by atoms with Crippen molar-refractivity contribution in [1.29, 1.82) is 0 Å². The van der Waals surface area contributed by atoms with Gasteiger partial charge in [-0.1, -0.05) is 6.92 Å². The summed E-state index contributed by atoms with van der Waals surface area (Å²) in [5, 5.41) is 0. The van der Waals surface area contributed by atoms with E-state index < -0.39 is 5.82 Å². The van der Waals surface area contributed by atoms with Gasteiger partial charge in [0, 0.05) is 17.9 Å². The number of hydrogen-bond donors (Lipinski definition) is 0. The van der Waals surface area contributed by atoms with Gasteiger partial charge in [-0.15, -0.1) is 0 Å². The molecular formula is C12H12BrFO2. The average molecular weight is 287 g/mol. The molecule has 0 amide bonds. The van der Waals surface area contributed by atoms with Crippen LogP contribution in [0.15, 0.2) is 22.7 Å². The quantitative estimate of drug-likeness (QED) is 0.795. The van der Waals surface area contributed by atoms with E-state index >= 15 is 0 Å².